The minimum absolute atomic E-state index is 0.0425. The number of hydrogen-bond donors (Lipinski definition) is 2. The number of quaternary nitrogens is 1. The SMILES string of the molecule is CC(CS)C(=O)[N@+]1(C(=O)O)C[C@@H](c2cccnc2)CC1C. The molecule has 4 atom stereocenters. The summed E-state index contributed by atoms with van der Waals surface area (Å²) in [6, 6.07) is 3.53. The van der Waals surface area contributed by atoms with E-state index in [0.29, 0.717) is 18.7 Å². The Morgan fingerprint density at radius 2 is 2.29 bits per heavy atom. The molecule has 5 nitrogen and oxygen atoms in total. The van der Waals surface area contributed by atoms with E-state index in [-0.39, 0.29) is 23.8 Å². The summed E-state index contributed by atoms with van der Waals surface area (Å²) < 4.78 is -0.499. The Bertz CT molecular complexity index is 537. The zero-order valence-electron chi connectivity index (χ0n) is 12.3. The lowest BCUT2D eigenvalue weighted by Crippen LogP contribution is -2.60. The number of pyridine rings is 1. The van der Waals surface area contributed by atoms with E-state index in [2.05, 4.69) is 17.6 Å². The Kier molecular flexibility index (Phi) is 4.68. The fraction of sp³-hybridized carbons (Fsp3) is 0.533. The van der Waals surface area contributed by atoms with Crippen molar-refractivity contribution >= 4 is 24.6 Å². The largest absolute Gasteiger partial charge is 0.521 e. The van der Waals surface area contributed by atoms with E-state index in [0.717, 1.165) is 5.56 Å². The van der Waals surface area contributed by atoms with E-state index in [4.69, 9.17) is 0 Å². The molecule has 0 bridgehead atoms. The predicted octanol–water partition coefficient (Wildman–Crippen LogP) is 2.54. The Balaban J connectivity index is 2.35. The van der Waals surface area contributed by atoms with E-state index in [1.165, 1.54) is 0 Å². The molecule has 6 heteroatoms. The van der Waals surface area contributed by atoms with Crippen LogP contribution in [0.3, 0.4) is 0 Å². The van der Waals surface area contributed by atoms with Crippen LogP contribution in [0.15, 0.2) is 24.5 Å². The third-order valence-electron chi connectivity index (χ3n) is 4.47. The van der Waals surface area contributed by atoms with Gasteiger partial charge in [0.1, 0.15) is 12.6 Å². The summed E-state index contributed by atoms with van der Waals surface area (Å²) in [6.07, 6.45) is 3.05. The second kappa shape index (κ2) is 6.15. The van der Waals surface area contributed by atoms with Crippen molar-refractivity contribution in [2.75, 3.05) is 12.3 Å². The summed E-state index contributed by atoms with van der Waals surface area (Å²) in [4.78, 5) is 28.6. The number of carbonyl (C=O) groups excluding carboxylic acids is 1. The summed E-state index contributed by atoms with van der Waals surface area (Å²) in [6.45, 7) is 3.87. The third-order valence-corrected chi connectivity index (χ3v) is 5.02. The summed E-state index contributed by atoms with van der Waals surface area (Å²) in [5.74, 6) is -0.229. The smallest absolute Gasteiger partial charge is 0.435 e. The van der Waals surface area contributed by atoms with Crippen molar-refractivity contribution in [2.45, 2.75) is 32.2 Å². The molecule has 1 aromatic rings. The first-order chi connectivity index (χ1) is 9.93. The van der Waals surface area contributed by atoms with Crippen molar-refractivity contribution in [3.05, 3.63) is 30.1 Å². The fourth-order valence-corrected chi connectivity index (χ4v) is 3.35. The van der Waals surface area contributed by atoms with Crippen LogP contribution in [0.1, 0.15) is 31.7 Å². The van der Waals surface area contributed by atoms with Crippen molar-refractivity contribution < 1.29 is 19.2 Å². The van der Waals surface area contributed by atoms with Gasteiger partial charge in [-0.05, 0) is 25.5 Å². The maximum atomic E-state index is 12.7. The van der Waals surface area contributed by atoms with Crippen LogP contribution in [0.4, 0.5) is 4.79 Å². The number of nitrogens with zero attached hydrogens (tertiary/aromatic N) is 2. The molecule has 2 amide bonds. The number of imide groups is 1. The van der Waals surface area contributed by atoms with E-state index >= 15 is 0 Å². The van der Waals surface area contributed by atoms with Gasteiger partial charge in [0.25, 0.3) is 0 Å². The van der Waals surface area contributed by atoms with Gasteiger partial charge in [0.2, 0.25) is 0 Å². The third kappa shape index (κ3) is 2.70. The monoisotopic (exact) mass is 309 g/mol. The number of hydrogen-bond acceptors (Lipinski definition) is 4. The van der Waals surface area contributed by atoms with Crippen molar-refractivity contribution in [3.63, 3.8) is 0 Å². The van der Waals surface area contributed by atoms with Crippen molar-refractivity contribution in [2.24, 2.45) is 5.92 Å². The molecule has 114 valence electrons. The Morgan fingerprint density at radius 3 is 2.81 bits per heavy atom. The normalized spacial score (nSPS) is 30.0. The van der Waals surface area contributed by atoms with Gasteiger partial charge in [-0.15, -0.1) is 0 Å². The zero-order valence-corrected chi connectivity index (χ0v) is 13.2. The maximum absolute atomic E-state index is 12.7. The summed E-state index contributed by atoms with van der Waals surface area (Å²) in [5.41, 5.74) is 0.997. The summed E-state index contributed by atoms with van der Waals surface area (Å²) in [7, 11) is 0. The Hall–Kier alpha value is -1.40. The molecule has 2 unspecified atom stereocenters. The number of likely N-dealkylation sites (tertiary alicyclic amines) is 1. The number of carboxylic acid groups (broad SMARTS) is 1. The van der Waals surface area contributed by atoms with Crippen LogP contribution in [0, 0.1) is 5.92 Å². The van der Waals surface area contributed by atoms with Crippen molar-refractivity contribution in [1.82, 2.24) is 4.98 Å². The molecule has 0 spiro atoms. The van der Waals surface area contributed by atoms with Crippen LogP contribution in [0.5, 0.6) is 0 Å². The lowest BCUT2D eigenvalue weighted by molar-refractivity contribution is -0.794. The van der Waals surface area contributed by atoms with Crippen molar-refractivity contribution in [1.29, 1.82) is 0 Å². The van der Waals surface area contributed by atoms with Crippen LogP contribution in [-0.4, -0.2) is 44.9 Å². The highest BCUT2D eigenvalue weighted by Crippen LogP contribution is 2.39. The van der Waals surface area contributed by atoms with Crippen LogP contribution >= 0.6 is 12.6 Å². The lowest BCUT2D eigenvalue weighted by Gasteiger charge is -2.31. The highest BCUT2D eigenvalue weighted by atomic mass is 32.1. The molecule has 21 heavy (non-hydrogen) atoms. The average molecular weight is 309 g/mol. The molecule has 0 saturated carbocycles. The highest BCUT2D eigenvalue weighted by molar-refractivity contribution is 7.80. The number of amides is 2. The van der Waals surface area contributed by atoms with Gasteiger partial charge < -0.3 is 5.11 Å². The second-order valence-corrected chi connectivity index (χ2v) is 6.19. The van der Waals surface area contributed by atoms with Crippen LogP contribution in [0.2, 0.25) is 0 Å². The van der Waals surface area contributed by atoms with Gasteiger partial charge in [-0.3, -0.25) is 4.98 Å². The standard InChI is InChI=1S/C15H20N2O3S/c1-10(9-21)14(18)17(15(19)20)8-13(6-11(17)2)12-4-3-5-16-7-12/h3-5,7,10-11,13H,6,8-9H2,1-2H3,(H-,19,20,21)/p+1/t10?,11?,13-,17-/m0/s1. The molecule has 0 radical (unpaired) electrons. The lowest BCUT2D eigenvalue weighted by atomic mass is 9.98. The minimum Gasteiger partial charge on any atom is -0.435 e. The van der Waals surface area contributed by atoms with Gasteiger partial charge in [0.15, 0.2) is 0 Å². The first-order valence-electron chi connectivity index (χ1n) is 7.10. The van der Waals surface area contributed by atoms with Gasteiger partial charge in [-0.1, -0.05) is 6.07 Å². The van der Waals surface area contributed by atoms with Crippen LogP contribution in [-0.2, 0) is 4.79 Å². The molecule has 0 aromatic carbocycles. The molecule has 1 aliphatic rings. The van der Waals surface area contributed by atoms with E-state index in [1.807, 2.05) is 19.1 Å². The van der Waals surface area contributed by atoms with Crippen LogP contribution in [0.25, 0.3) is 0 Å². The molecular weight excluding hydrogens is 288 g/mol. The molecule has 2 heterocycles. The van der Waals surface area contributed by atoms with Gasteiger partial charge in [0, 0.05) is 30.5 Å². The molecule has 1 saturated heterocycles. The average Bonchev–Trinajstić information content (AvgIpc) is 2.85. The molecule has 1 fully saturated rings. The van der Waals surface area contributed by atoms with Crippen molar-refractivity contribution in [3.8, 4) is 0 Å². The van der Waals surface area contributed by atoms with Crippen LogP contribution < -0.4 is 0 Å². The minimum atomic E-state index is -1.06. The number of carbonyl (C=O) groups is 2. The summed E-state index contributed by atoms with van der Waals surface area (Å²) >= 11 is 4.14. The number of thiol groups is 1. The quantitative estimate of drug-likeness (QED) is 0.665. The molecule has 1 aromatic heterocycles. The first-order valence-corrected chi connectivity index (χ1v) is 7.73. The van der Waals surface area contributed by atoms with E-state index in [1.54, 1.807) is 19.3 Å². The highest BCUT2D eigenvalue weighted by Gasteiger charge is 2.57. The van der Waals surface area contributed by atoms with Gasteiger partial charge in [0.05, 0.1) is 5.92 Å². The molecular formula is C15H21N2O3S+. The zero-order chi connectivity index (χ0) is 15.6. The second-order valence-electron chi connectivity index (χ2n) is 5.82. The van der Waals surface area contributed by atoms with Gasteiger partial charge in [-0.25, -0.2) is 4.79 Å². The maximum Gasteiger partial charge on any atom is 0.521 e. The van der Waals surface area contributed by atoms with E-state index in [9.17, 15) is 14.7 Å². The number of aromatic nitrogens is 1. The van der Waals surface area contributed by atoms with Gasteiger partial charge in [-0.2, -0.15) is 21.9 Å². The predicted molar refractivity (Wildman–Crippen MR) is 82.2 cm³/mol. The van der Waals surface area contributed by atoms with E-state index < -0.39 is 10.6 Å². The number of rotatable bonds is 3. The fourth-order valence-electron chi connectivity index (χ4n) is 3.19. The Labute approximate surface area is 130 Å². The van der Waals surface area contributed by atoms with Gasteiger partial charge >= 0.3 is 12.0 Å². The topological polar surface area (TPSA) is 67.3 Å². The first kappa shape index (κ1) is 16.0. The molecule has 0 aliphatic carbocycles. The molecule has 1 aliphatic heterocycles. The molecule has 2 rings (SSSR count). The summed E-state index contributed by atoms with van der Waals surface area (Å²) in [5, 5.41) is 9.72. The molecule has 1 N–H and O–H groups in total. The Morgan fingerprint density at radius 1 is 1.57 bits per heavy atom.